The molecule has 0 saturated carbocycles. The number of anilines is 1. The lowest BCUT2D eigenvalue weighted by atomic mass is 10.0. The third-order valence-corrected chi connectivity index (χ3v) is 5.06. The van der Waals surface area contributed by atoms with Crippen LogP contribution in [-0.2, 0) is 9.59 Å². The monoisotopic (exact) mass is 396 g/mol. The number of hydrogen-bond donors (Lipinski definition) is 2. The van der Waals surface area contributed by atoms with Gasteiger partial charge in [0, 0.05) is 24.7 Å². The minimum absolute atomic E-state index is 0.0101. The summed E-state index contributed by atoms with van der Waals surface area (Å²) in [6.45, 7) is 5.03. The molecule has 0 saturated heterocycles. The molecule has 6 heteroatoms. The highest BCUT2D eigenvalue weighted by atomic mass is 16.4. The molecule has 0 atom stereocenters. The molecule has 0 aliphatic heterocycles. The number of rotatable bonds is 8. The van der Waals surface area contributed by atoms with E-state index >= 15 is 0 Å². The normalized spacial score (nSPS) is 11.0. The summed E-state index contributed by atoms with van der Waals surface area (Å²) in [5.74, 6) is -1.41. The molecule has 154 valence electrons. The zero-order valence-corrected chi connectivity index (χ0v) is 17.4. The minimum atomic E-state index is -1.30. The third-order valence-electron chi connectivity index (χ3n) is 5.06. The summed E-state index contributed by atoms with van der Waals surface area (Å²) in [5.41, 5.74) is 1.75. The molecule has 2 rings (SSSR count). The van der Waals surface area contributed by atoms with Crippen LogP contribution >= 0.6 is 0 Å². The Kier molecular flexibility index (Phi) is 7.15. The molecule has 0 aromatic heterocycles. The number of likely N-dealkylation sites (N-methyl/N-ethyl adjacent to an activating group) is 1. The van der Waals surface area contributed by atoms with Gasteiger partial charge < -0.3 is 15.3 Å². The van der Waals surface area contributed by atoms with E-state index in [1.54, 1.807) is 12.1 Å². The number of aliphatic carboxylic acids is 1. The number of carbonyl (C=O) groups is 3. The molecule has 2 aromatic rings. The number of carbonyl (C=O) groups excluding carboxylic acids is 2. The predicted molar refractivity (Wildman–Crippen MR) is 114 cm³/mol. The van der Waals surface area contributed by atoms with Gasteiger partial charge in [0.05, 0.1) is 0 Å². The molecule has 0 radical (unpaired) electrons. The number of nitrogens with zero attached hydrogens (tertiary/aromatic N) is 1. The van der Waals surface area contributed by atoms with Gasteiger partial charge in [-0.1, -0.05) is 37.6 Å². The lowest BCUT2D eigenvalue weighted by Gasteiger charge is -2.31. The van der Waals surface area contributed by atoms with Gasteiger partial charge in [-0.2, -0.15) is 0 Å². The molecule has 2 N–H and O–H groups in total. The molecule has 0 fully saturated rings. The standard InChI is InChI=1S/C23H28N2O4/c1-5-6-7-20(26)24-19-14-12-17(13-15-19)16-8-10-18(11-9-16)21(27)25(4)23(2,3)22(28)29/h8-15H,5-7H2,1-4H3,(H,24,26)(H,28,29). The van der Waals surface area contributed by atoms with Crippen LogP contribution in [0.3, 0.4) is 0 Å². The Labute approximate surface area is 171 Å². The number of carboxylic acids is 1. The van der Waals surface area contributed by atoms with Crippen LogP contribution in [0.15, 0.2) is 48.5 Å². The number of unbranched alkanes of at least 4 members (excludes halogenated alkanes) is 1. The fraction of sp³-hybridized carbons (Fsp3) is 0.348. The SMILES string of the molecule is CCCCC(=O)Nc1ccc(-c2ccc(C(=O)N(C)C(C)(C)C(=O)O)cc2)cc1. The Morgan fingerprint density at radius 2 is 1.48 bits per heavy atom. The second kappa shape index (κ2) is 9.37. The van der Waals surface area contributed by atoms with Crippen LogP contribution < -0.4 is 5.32 Å². The van der Waals surface area contributed by atoms with Gasteiger partial charge in [0.2, 0.25) is 5.91 Å². The van der Waals surface area contributed by atoms with Gasteiger partial charge in [-0.3, -0.25) is 9.59 Å². The fourth-order valence-electron chi connectivity index (χ4n) is 2.70. The van der Waals surface area contributed by atoms with Crippen molar-refractivity contribution in [2.45, 2.75) is 45.6 Å². The fourth-order valence-corrected chi connectivity index (χ4v) is 2.70. The first-order valence-electron chi connectivity index (χ1n) is 9.68. The number of benzene rings is 2. The largest absolute Gasteiger partial charge is 0.480 e. The predicted octanol–water partition coefficient (Wildman–Crippen LogP) is 4.42. The van der Waals surface area contributed by atoms with Crippen molar-refractivity contribution < 1.29 is 19.5 Å². The summed E-state index contributed by atoms with van der Waals surface area (Å²) >= 11 is 0. The van der Waals surface area contributed by atoms with Gasteiger partial charge in [0.15, 0.2) is 0 Å². The van der Waals surface area contributed by atoms with Crippen LogP contribution in [0.4, 0.5) is 5.69 Å². The Bertz CT molecular complexity index is 871. The third kappa shape index (κ3) is 5.44. The van der Waals surface area contributed by atoms with E-state index in [-0.39, 0.29) is 11.8 Å². The van der Waals surface area contributed by atoms with Crippen molar-refractivity contribution in [3.63, 3.8) is 0 Å². The summed E-state index contributed by atoms with van der Waals surface area (Å²) in [7, 11) is 1.48. The van der Waals surface area contributed by atoms with Gasteiger partial charge in [-0.25, -0.2) is 4.79 Å². The van der Waals surface area contributed by atoms with Crippen LogP contribution in [0.5, 0.6) is 0 Å². The maximum absolute atomic E-state index is 12.6. The Balaban J connectivity index is 2.09. The quantitative estimate of drug-likeness (QED) is 0.692. The van der Waals surface area contributed by atoms with E-state index in [1.165, 1.54) is 25.8 Å². The van der Waals surface area contributed by atoms with E-state index < -0.39 is 11.5 Å². The molecule has 0 aliphatic rings. The first kappa shape index (κ1) is 22.1. The number of carboxylic acid groups (broad SMARTS) is 1. The van der Waals surface area contributed by atoms with Gasteiger partial charge in [-0.05, 0) is 55.7 Å². The average Bonchev–Trinajstić information content (AvgIpc) is 2.71. The highest BCUT2D eigenvalue weighted by molar-refractivity contribution is 5.98. The highest BCUT2D eigenvalue weighted by Gasteiger charge is 2.35. The van der Waals surface area contributed by atoms with E-state index in [1.807, 2.05) is 43.3 Å². The van der Waals surface area contributed by atoms with Gasteiger partial charge in [-0.15, -0.1) is 0 Å². The van der Waals surface area contributed by atoms with Crippen molar-refractivity contribution in [1.29, 1.82) is 0 Å². The molecule has 29 heavy (non-hydrogen) atoms. The first-order valence-corrected chi connectivity index (χ1v) is 9.68. The van der Waals surface area contributed by atoms with Crippen LogP contribution in [0.2, 0.25) is 0 Å². The smallest absolute Gasteiger partial charge is 0.329 e. The van der Waals surface area contributed by atoms with Crippen molar-refractivity contribution in [3.05, 3.63) is 54.1 Å². The first-order chi connectivity index (χ1) is 13.7. The van der Waals surface area contributed by atoms with Crippen LogP contribution in [0.1, 0.15) is 50.4 Å². The summed E-state index contributed by atoms with van der Waals surface area (Å²) in [5, 5.41) is 12.2. The van der Waals surface area contributed by atoms with E-state index in [9.17, 15) is 19.5 Å². The van der Waals surface area contributed by atoms with E-state index in [2.05, 4.69) is 5.32 Å². The Hall–Kier alpha value is -3.15. The molecule has 2 aromatic carbocycles. The highest BCUT2D eigenvalue weighted by Crippen LogP contribution is 2.23. The second-order valence-electron chi connectivity index (χ2n) is 7.53. The van der Waals surface area contributed by atoms with Gasteiger partial charge in [0.1, 0.15) is 5.54 Å². The van der Waals surface area contributed by atoms with E-state index in [4.69, 9.17) is 0 Å². The molecule has 0 bridgehead atoms. The summed E-state index contributed by atoms with van der Waals surface area (Å²) in [6, 6.07) is 14.5. The molecule has 0 aliphatic carbocycles. The molecule has 0 heterocycles. The Morgan fingerprint density at radius 1 is 0.966 bits per heavy atom. The summed E-state index contributed by atoms with van der Waals surface area (Å²) < 4.78 is 0. The van der Waals surface area contributed by atoms with Crippen LogP contribution in [0, 0.1) is 0 Å². The van der Waals surface area contributed by atoms with Gasteiger partial charge >= 0.3 is 5.97 Å². The van der Waals surface area contributed by atoms with Crippen molar-refractivity contribution in [2.24, 2.45) is 0 Å². The van der Waals surface area contributed by atoms with Crippen molar-refractivity contribution in [3.8, 4) is 11.1 Å². The number of amides is 2. The molecule has 0 unspecified atom stereocenters. The maximum Gasteiger partial charge on any atom is 0.329 e. The zero-order valence-electron chi connectivity index (χ0n) is 17.4. The molecular formula is C23H28N2O4. The Morgan fingerprint density at radius 3 is 1.97 bits per heavy atom. The maximum atomic E-state index is 12.6. The summed E-state index contributed by atoms with van der Waals surface area (Å²) in [6.07, 6.45) is 2.36. The molecule has 0 spiro atoms. The van der Waals surface area contributed by atoms with E-state index in [0.29, 0.717) is 12.0 Å². The zero-order chi connectivity index (χ0) is 21.6. The number of nitrogens with one attached hydrogen (secondary N) is 1. The lowest BCUT2D eigenvalue weighted by molar-refractivity contribution is -0.147. The topological polar surface area (TPSA) is 86.7 Å². The summed E-state index contributed by atoms with van der Waals surface area (Å²) in [4.78, 5) is 37.0. The minimum Gasteiger partial charge on any atom is -0.480 e. The number of hydrogen-bond acceptors (Lipinski definition) is 3. The van der Waals surface area contributed by atoms with Crippen molar-refractivity contribution >= 4 is 23.5 Å². The van der Waals surface area contributed by atoms with Gasteiger partial charge in [0.25, 0.3) is 5.91 Å². The van der Waals surface area contributed by atoms with Crippen LogP contribution in [0.25, 0.3) is 11.1 Å². The lowest BCUT2D eigenvalue weighted by Crippen LogP contribution is -2.50. The van der Waals surface area contributed by atoms with Crippen molar-refractivity contribution in [1.82, 2.24) is 4.90 Å². The second-order valence-corrected chi connectivity index (χ2v) is 7.53. The van der Waals surface area contributed by atoms with Crippen molar-refractivity contribution in [2.75, 3.05) is 12.4 Å². The molecule has 6 nitrogen and oxygen atoms in total. The molecule has 2 amide bonds. The van der Waals surface area contributed by atoms with E-state index in [0.717, 1.165) is 29.7 Å². The molecular weight excluding hydrogens is 368 g/mol. The average molecular weight is 396 g/mol. The van der Waals surface area contributed by atoms with Crippen LogP contribution in [-0.4, -0.2) is 40.4 Å².